The lowest BCUT2D eigenvalue weighted by Gasteiger charge is -2.11. The van der Waals surface area contributed by atoms with Crippen LogP contribution in [-0.4, -0.2) is 19.4 Å². The predicted octanol–water partition coefficient (Wildman–Crippen LogP) is 1.82. The van der Waals surface area contributed by atoms with Crippen molar-refractivity contribution in [3.63, 3.8) is 0 Å². The van der Waals surface area contributed by atoms with Gasteiger partial charge in [0.25, 0.3) is 0 Å². The van der Waals surface area contributed by atoms with E-state index in [4.69, 9.17) is 15.2 Å². The van der Waals surface area contributed by atoms with E-state index < -0.39 is 0 Å². The minimum atomic E-state index is -0.257. The van der Waals surface area contributed by atoms with Crippen LogP contribution in [0.4, 0.5) is 0 Å². The molecule has 0 spiro atoms. The first-order valence-corrected chi connectivity index (χ1v) is 5.32. The molecule has 1 aromatic rings. The van der Waals surface area contributed by atoms with Crippen molar-refractivity contribution in [2.24, 2.45) is 5.73 Å². The Morgan fingerprint density at radius 1 is 1.43 bits per heavy atom. The molecule has 4 heteroatoms. The van der Waals surface area contributed by atoms with E-state index in [1.807, 2.05) is 24.3 Å². The van der Waals surface area contributed by atoms with Gasteiger partial charge in [-0.3, -0.25) is 0 Å². The molecule has 14 heavy (non-hydrogen) atoms. The minimum absolute atomic E-state index is 0.000810. The summed E-state index contributed by atoms with van der Waals surface area (Å²) in [6.07, 6.45) is -0.258. The molecule has 1 aliphatic heterocycles. The highest BCUT2D eigenvalue weighted by Gasteiger charge is 2.27. The second-order valence-electron chi connectivity index (χ2n) is 3.14. The Kier molecular flexibility index (Phi) is 3.18. The molecule has 2 unspecified atom stereocenters. The van der Waals surface area contributed by atoms with Crippen LogP contribution in [0.25, 0.3) is 0 Å². The van der Waals surface area contributed by atoms with E-state index in [9.17, 15) is 0 Å². The van der Waals surface area contributed by atoms with Crippen molar-refractivity contribution in [1.29, 1.82) is 0 Å². The van der Waals surface area contributed by atoms with Crippen LogP contribution in [0, 0.1) is 0 Å². The van der Waals surface area contributed by atoms with Crippen LogP contribution in [-0.2, 0) is 9.47 Å². The van der Waals surface area contributed by atoms with Crippen molar-refractivity contribution in [2.75, 3.05) is 13.2 Å². The fourth-order valence-corrected chi connectivity index (χ4v) is 2.02. The molecule has 2 rings (SSSR count). The first kappa shape index (κ1) is 10.1. The number of ether oxygens (including phenoxy) is 2. The van der Waals surface area contributed by atoms with E-state index in [-0.39, 0.29) is 12.4 Å². The lowest BCUT2D eigenvalue weighted by atomic mass is 10.1. The highest BCUT2D eigenvalue weighted by Crippen LogP contribution is 2.30. The van der Waals surface area contributed by atoms with E-state index in [1.165, 1.54) is 0 Å². The van der Waals surface area contributed by atoms with Crippen LogP contribution in [0.2, 0.25) is 0 Å². The van der Waals surface area contributed by atoms with E-state index in [0.29, 0.717) is 13.2 Å². The topological polar surface area (TPSA) is 44.5 Å². The molecule has 0 saturated carbocycles. The second-order valence-corrected chi connectivity index (χ2v) is 4.00. The highest BCUT2D eigenvalue weighted by molar-refractivity contribution is 9.10. The SMILES string of the molecule is NCC1OCC(c2ccccc2Br)O1. The molecule has 2 atom stereocenters. The summed E-state index contributed by atoms with van der Waals surface area (Å²) in [6.45, 7) is 0.978. The van der Waals surface area contributed by atoms with Crippen molar-refractivity contribution >= 4 is 15.9 Å². The van der Waals surface area contributed by atoms with E-state index in [0.717, 1.165) is 10.0 Å². The van der Waals surface area contributed by atoms with Crippen molar-refractivity contribution in [2.45, 2.75) is 12.4 Å². The van der Waals surface area contributed by atoms with Gasteiger partial charge in [0.05, 0.1) is 6.61 Å². The fourth-order valence-electron chi connectivity index (χ4n) is 1.48. The molecule has 1 saturated heterocycles. The van der Waals surface area contributed by atoms with Gasteiger partial charge in [-0.15, -0.1) is 0 Å². The molecule has 2 N–H and O–H groups in total. The quantitative estimate of drug-likeness (QED) is 0.880. The lowest BCUT2D eigenvalue weighted by Crippen LogP contribution is -2.20. The molecule has 0 aliphatic carbocycles. The van der Waals surface area contributed by atoms with Gasteiger partial charge in [-0.2, -0.15) is 0 Å². The zero-order valence-corrected chi connectivity index (χ0v) is 9.24. The van der Waals surface area contributed by atoms with Gasteiger partial charge in [-0.1, -0.05) is 34.1 Å². The van der Waals surface area contributed by atoms with Gasteiger partial charge in [-0.05, 0) is 11.6 Å². The summed E-state index contributed by atoms with van der Waals surface area (Å²) in [6, 6.07) is 7.98. The average molecular weight is 258 g/mol. The monoisotopic (exact) mass is 257 g/mol. The van der Waals surface area contributed by atoms with Crippen LogP contribution in [0.1, 0.15) is 11.7 Å². The highest BCUT2D eigenvalue weighted by atomic mass is 79.9. The molecule has 0 bridgehead atoms. The molecule has 1 aliphatic rings. The summed E-state index contributed by atoms with van der Waals surface area (Å²) in [4.78, 5) is 0. The Labute approximate surface area is 91.3 Å². The maximum Gasteiger partial charge on any atom is 0.170 e. The normalized spacial score (nSPS) is 26.7. The molecule has 1 aromatic carbocycles. The molecule has 1 heterocycles. The molecule has 1 fully saturated rings. The second kappa shape index (κ2) is 4.40. The molecular weight excluding hydrogens is 246 g/mol. The first-order chi connectivity index (χ1) is 6.81. The Balaban J connectivity index is 2.13. The van der Waals surface area contributed by atoms with Gasteiger partial charge >= 0.3 is 0 Å². The Hall–Kier alpha value is -0.420. The smallest absolute Gasteiger partial charge is 0.170 e. The van der Waals surface area contributed by atoms with Gasteiger partial charge in [0.2, 0.25) is 0 Å². The van der Waals surface area contributed by atoms with Crippen LogP contribution in [0.15, 0.2) is 28.7 Å². The van der Waals surface area contributed by atoms with Crippen molar-refractivity contribution in [1.82, 2.24) is 0 Å². The van der Waals surface area contributed by atoms with Crippen LogP contribution < -0.4 is 5.73 Å². The number of hydrogen-bond donors (Lipinski definition) is 1. The van der Waals surface area contributed by atoms with Gasteiger partial charge in [0, 0.05) is 11.0 Å². The lowest BCUT2D eigenvalue weighted by molar-refractivity contribution is -0.0498. The standard InChI is InChI=1S/C10H12BrNO2/c11-8-4-2-1-3-7(8)9-6-13-10(5-12)14-9/h1-4,9-10H,5-6,12H2. The summed E-state index contributed by atoms with van der Waals surface area (Å²) in [7, 11) is 0. The third-order valence-corrected chi connectivity index (χ3v) is 2.92. The Bertz CT molecular complexity index is 319. The van der Waals surface area contributed by atoms with Gasteiger partial charge < -0.3 is 15.2 Å². The number of nitrogens with two attached hydrogens (primary N) is 1. The largest absolute Gasteiger partial charge is 0.348 e. The van der Waals surface area contributed by atoms with Crippen molar-refractivity contribution in [3.05, 3.63) is 34.3 Å². The van der Waals surface area contributed by atoms with E-state index >= 15 is 0 Å². The Morgan fingerprint density at radius 2 is 2.21 bits per heavy atom. The minimum Gasteiger partial charge on any atom is -0.348 e. The van der Waals surface area contributed by atoms with Gasteiger partial charge in [0.15, 0.2) is 6.29 Å². The maximum absolute atomic E-state index is 5.60. The number of rotatable bonds is 2. The summed E-state index contributed by atoms with van der Waals surface area (Å²) >= 11 is 3.48. The van der Waals surface area contributed by atoms with E-state index in [2.05, 4.69) is 15.9 Å². The molecule has 3 nitrogen and oxygen atoms in total. The summed E-state index contributed by atoms with van der Waals surface area (Å²) in [5.74, 6) is 0. The fraction of sp³-hybridized carbons (Fsp3) is 0.400. The van der Waals surface area contributed by atoms with Gasteiger partial charge in [-0.25, -0.2) is 0 Å². The average Bonchev–Trinajstić information content (AvgIpc) is 2.67. The van der Waals surface area contributed by atoms with Crippen LogP contribution in [0.3, 0.4) is 0 Å². The zero-order chi connectivity index (χ0) is 9.97. The van der Waals surface area contributed by atoms with Crippen LogP contribution >= 0.6 is 15.9 Å². The first-order valence-electron chi connectivity index (χ1n) is 4.53. The molecule has 0 aromatic heterocycles. The molecular formula is C10H12BrNO2. The zero-order valence-electron chi connectivity index (χ0n) is 7.65. The van der Waals surface area contributed by atoms with E-state index in [1.54, 1.807) is 0 Å². The van der Waals surface area contributed by atoms with Crippen molar-refractivity contribution in [3.8, 4) is 0 Å². The third-order valence-electron chi connectivity index (χ3n) is 2.19. The number of benzene rings is 1. The Morgan fingerprint density at radius 3 is 2.86 bits per heavy atom. The van der Waals surface area contributed by atoms with Crippen LogP contribution in [0.5, 0.6) is 0 Å². The van der Waals surface area contributed by atoms with Gasteiger partial charge in [0.1, 0.15) is 6.10 Å². The molecule has 0 amide bonds. The maximum atomic E-state index is 5.60. The third kappa shape index (κ3) is 1.98. The molecule has 76 valence electrons. The predicted molar refractivity (Wildman–Crippen MR) is 56.8 cm³/mol. The number of hydrogen-bond acceptors (Lipinski definition) is 3. The summed E-state index contributed by atoms with van der Waals surface area (Å²) in [5, 5.41) is 0. The summed E-state index contributed by atoms with van der Waals surface area (Å²) in [5.41, 5.74) is 6.56. The number of halogens is 1. The van der Waals surface area contributed by atoms with Crippen molar-refractivity contribution < 1.29 is 9.47 Å². The summed E-state index contributed by atoms with van der Waals surface area (Å²) < 4.78 is 12.0. The molecule has 0 radical (unpaired) electrons.